The van der Waals surface area contributed by atoms with Crippen molar-refractivity contribution in [3.8, 4) is 17.1 Å². The number of sulfonamides is 1. The Hall–Kier alpha value is -4.47. The molecule has 0 atom stereocenters. The van der Waals surface area contributed by atoms with Crippen LogP contribution in [0.1, 0.15) is 27.0 Å². The van der Waals surface area contributed by atoms with Crippen molar-refractivity contribution < 1.29 is 36.6 Å². The molecule has 0 bridgehead atoms. The predicted octanol–water partition coefficient (Wildman–Crippen LogP) is 3.44. The van der Waals surface area contributed by atoms with Crippen LogP contribution in [0.25, 0.3) is 22.2 Å². The first kappa shape index (κ1) is 30.6. The van der Waals surface area contributed by atoms with Crippen LogP contribution >= 0.6 is 0 Å². The molecule has 0 amide bonds. The summed E-state index contributed by atoms with van der Waals surface area (Å²) in [5.74, 6) is -1.88. The molecule has 236 valence electrons. The number of fused-ring (bicyclic) bond motifs is 2. The largest absolute Gasteiger partial charge is 0.480 e. The number of aromatic nitrogens is 3. The number of hydrogen-bond acceptors (Lipinski definition) is 10. The van der Waals surface area contributed by atoms with E-state index in [2.05, 4.69) is 9.71 Å². The van der Waals surface area contributed by atoms with Gasteiger partial charge in [-0.15, -0.1) is 0 Å². The summed E-state index contributed by atoms with van der Waals surface area (Å²) in [6, 6.07) is 6.76. The topological polar surface area (TPSA) is 147 Å². The predicted molar refractivity (Wildman–Crippen MR) is 162 cm³/mol. The van der Waals surface area contributed by atoms with E-state index < -0.39 is 27.6 Å². The fourth-order valence-corrected chi connectivity index (χ4v) is 6.24. The number of hydrogen-bond donors (Lipinski definition) is 2. The Kier molecular flexibility index (Phi) is 8.24. The van der Waals surface area contributed by atoms with Gasteiger partial charge in [0.25, 0.3) is 0 Å². The minimum atomic E-state index is -3.68. The Morgan fingerprint density at radius 3 is 2.60 bits per heavy atom. The van der Waals surface area contributed by atoms with Crippen LogP contribution in [-0.4, -0.2) is 85.6 Å². The first-order valence-electron chi connectivity index (χ1n) is 14.1. The quantitative estimate of drug-likeness (QED) is 0.292. The summed E-state index contributed by atoms with van der Waals surface area (Å²) >= 11 is 0. The zero-order valence-corrected chi connectivity index (χ0v) is 25.3. The van der Waals surface area contributed by atoms with Crippen molar-refractivity contribution in [1.29, 1.82) is 0 Å². The van der Waals surface area contributed by atoms with Crippen LogP contribution in [0.5, 0.6) is 5.88 Å². The van der Waals surface area contributed by atoms with Gasteiger partial charge < -0.3 is 19.5 Å². The number of carboxylic acid groups (broad SMARTS) is 1. The lowest BCUT2D eigenvalue weighted by molar-refractivity contribution is 0.0696. The summed E-state index contributed by atoms with van der Waals surface area (Å²) in [6.45, 7) is 2.94. The molecular formula is C30H30F2N6O6S. The van der Waals surface area contributed by atoms with Crippen LogP contribution in [0.4, 0.5) is 20.4 Å². The van der Waals surface area contributed by atoms with Gasteiger partial charge in [0.05, 0.1) is 43.4 Å². The van der Waals surface area contributed by atoms with E-state index in [1.54, 1.807) is 0 Å². The first-order chi connectivity index (χ1) is 21.5. The van der Waals surface area contributed by atoms with Crippen molar-refractivity contribution in [3.63, 3.8) is 0 Å². The highest BCUT2D eigenvalue weighted by atomic mass is 32.2. The molecule has 2 aromatic carbocycles. The van der Waals surface area contributed by atoms with Crippen molar-refractivity contribution >= 4 is 38.5 Å². The summed E-state index contributed by atoms with van der Waals surface area (Å²) < 4.78 is 67.6. The second kappa shape index (κ2) is 12.1. The molecule has 0 radical (unpaired) electrons. The molecule has 4 heterocycles. The molecule has 0 spiro atoms. The highest BCUT2D eigenvalue weighted by Gasteiger charge is 2.25. The highest BCUT2D eigenvalue weighted by Crippen LogP contribution is 2.35. The number of halogens is 2. The number of nitrogens with one attached hydrogen (secondary N) is 1. The maximum Gasteiger partial charge on any atom is 0.335 e. The monoisotopic (exact) mass is 640 g/mol. The first-order valence-corrected chi connectivity index (χ1v) is 16.0. The molecular weight excluding hydrogens is 610 g/mol. The number of nitrogens with zero attached hydrogens (tertiary/aromatic N) is 5. The molecule has 15 heteroatoms. The summed E-state index contributed by atoms with van der Waals surface area (Å²) in [4.78, 5) is 29.3. The fraction of sp³-hybridized carbons (Fsp3) is 0.333. The van der Waals surface area contributed by atoms with Crippen LogP contribution in [0.2, 0.25) is 0 Å². The van der Waals surface area contributed by atoms with Crippen molar-refractivity contribution in [2.24, 2.45) is 0 Å². The molecule has 0 saturated carbocycles. The van der Waals surface area contributed by atoms with Gasteiger partial charge in [-0.1, -0.05) is 0 Å². The average Bonchev–Trinajstić information content (AvgIpc) is 3.00. The molecule has 2 aliphatic rings. The zero-order valence-electron chi connectivity index (χ0n) is 24.5. The molecule has 1 saturated heterocycles. The molecule has 12 nitrogen and oxygen atoms in total. The Morgan fingerprint density at radius 2 is 1.89 bits per heavy atom. The highest BCUT2D eigenvalue weighted by molar-refractivity contribution is 7.92. The van der Waals surface area contributed by atoms with Crippen LogP contribution in [0, 0.1) is 11.6 Å². The molecule has 45 heavy (non-hydrogen) atoms. The Labute approximate surface area is 257 Å². The molecule has 2 N–H and O–H groups in total. The summed E-state index contributed by atoms with van der Waals surface area (Å²) in [5.41, 5.74) is 2.80. The molecule has 1 fully saturated rings. The van der Waals surface area contributed by atoms with E-state index in [1.165, 1.54) is 37.6 Å². The maximum absolute atomic E-state index is 15.3. The van der Waals surface area contributed by atoms with Gasteiger partial charge >= 0.3 is 5.97 Å². The number of morpholine rings is 1. The minimum Gasteiger partial charge on any atom is -0.480 e. The lowest BCUT2D eigenvalue weighted by atomic mass is 9.96. The fourth-order valence-electron chi connectivity index (χ4n) is 5.69. The molecule has 6 rings (SSSR count). The van der Waals surface area contributed by atoms with Gasteiger partial charge in [-0.05, 0) is 47.9 Å². The second-order valence-electron chi connectivity index (χ2n) is 10.9. The number of benzene rings is 2. The standard InChI is InChI=1S/C30H30F2N6O6S/c1-43-28-25(36-45(2,41)42)12-19(14-33-28)26-22-13-21(31)10-20(27(22)35-30(34-26)38-5-7-44-8-6-38)15-37-4-3-17-9-18(29(39)40)11-24(32)23(17)16-37/h9-14,36H,3-8,15-16H2,1-2H3,(H,39,40). The van der Waals surface area contributed by atoms with Crippen molar-refractivity contribution in [3.05, 3.63) is 70.4 Å². The molecule has 2 aliphatic heterocycles. The third kappa shape index (κ3) is 6.50. The van der Waals surface area contributed by atoms with Gasteiger partial charge in [-0.25, -0.2) is 36.9 Å². The minimum absolute atomic E-state index is 0.0518. The van der Waals surface area contributed by atoms with E-state index in [9.17, 15) is 22.7 Å². The number of carboxylic acids is 1. The summed E-state index contributed by atoms with van der Waals surface area (Å²) in [5, 5.41) is 9.70. The van der Waals surface area contributed by atoms with Gasteiger partial charge in [0.2, 0.25) is 21.9 Å². The van der Waals surface area contributed by atoms with Crippen LogP contribution in [0.15, 0.2) is 36.5 Å². The summed E-state index contributed by atoms with van der Waals surface area (Å²) in [7, 11) is -2.32. The number of pyridine rings is 1. The third-order valence-electron chi connectivity index (χ3n) is 7.75. The number of carbonyl (C=O) groups is 1. The van der Waals surface area contributed by atoms with Crippen molar-refractivity contribution in [1.82, 2.24) is 19.9 Å². The second-order valence-corrected chi connectivity index (χ2v) is 12.7. The average molecular weight is 641 g/mol. The van der Waals surface area contributed by atoms with Gasteiger partial charge in [0, 0.05) is 55.4 Å². The van der Waals surface area contributed by atoms with E-state index in [1.807, 2.05) is 9.80 Å². The summed E-state index contributed by atoms with van der Waals surface area (Å²) in [6.07, 6.45) is 2.90. The number of methoxy groups -OCH3 is 1. The van der Waals surface area contributed by atoms with Gasteiger partial charge in [-0.3, -0.25) is 9.62 Å². The van der Waals surface area contributed by atoms with E-state index in [4.69, 9.17) is 19.4 Å². The number of ether oxygens (including phenoxy) is 2. The van der Waals surface area contributed by atoms with E-state index in [0.717, 1.165) is 12.3 Å². The van der Waals surface area contributed by atoms with Gasteiger partial charge in [-0.2, -0.15) is 0 Å². The molecule has 2 aromatic heterocycles. The lowest BCUT2D eigenvalue weighted by Gasteiger charge is -2.30. The van der Waals surface area contributed by atoms with E-state index >= 15 is 4.39 Å². The van der Waals surface area contributed by atoms with Crippen LogP contribution < -0.4 is 14.4 Å². The Morgan fingerprint density at radius 1 is 1.11 bits per heavy atom. The Bertz CT molecular complexity index is 1920. The van der Waals surface area contributed by atoms with Crippen LogP contribution in [0.3, 0.4) is 0 Å². The maximum atomic E-state index is 15.3. The SMILES string of the molecule is COc1ncc(-c2nc(N3CCOCC3)nc3c(CN4CCc5cc(C(=O)O)cc(F)c5C4)cc(F)cc23)cc1NS(C)(=O)=O. The Balaban J connectivity index is 1.45. The number of aromatic carboxylic acids is 1. The van der Waals surface area contributed by atoms with E-state index in [0.29, 0.717) is 84.1 Å². The molecule has 0 aliphatic carbocycles. The smallest absolute Gasteiger partial charge is 0.335 e. The number of anilines is 2. The van der Waals surface area contributed by atoms with Gasteiger partial charge in [0.1, 0.15) is 17.3 Å². The van der Waals surface area contributed by atoms with Gasteiger partial charge in [0.15, 0.2) is 0 Å². The number of rotatable bonds is 8. The molecule has 4 aromatic rings. The normalized spacial score (nSPS) is 15.6. The third-order valence-corrected chi connectivity index (χ3v) is 8.34. The lowest BCUT2D eigenvalue weighted by Crippen LogP contribution is -2.37. The van der Waals surface area contributed by atoms with Crippen molar-refractivity contribution in [2.45, 2.75) is 19.5 Å². The molecule has 0 unspecified atom stereocenters. The van der Waals surface area contributed by atoms with Crippen LogP contribution in [-0.2, 0) is 34.3 Å². The van der Waals surface area contributed by atoms with Crippen molar-refractivity contribution in [2.75, 3.05) is 55.8 Å². The zero-order chi connectivity index (χ0) is 31.9. The van der Waals surface area contributed by atoms with E-state index in [-0.39, 0.29) is 30.2 Å².